The summed E-state index contributed by atoms with van der Waals surface area (Å²) in [4.78, 5) is 15.2. The van der Waals surface area contributed by atoms with Gasteiger partial charge in [0.1, 0.15) is 0 Å². The van der Waals surface area contributed by atoms with Crippen LogP contribution in [0.2, 0.25) is 0 Å². The van der Waals surface area contributed by atoms with Crippen LogP contribution in [0, 0.1) is 0 Å². The molecule has 18 heavy (non-hydrogen) atoms. The Bertz CT molecular complexity index is 528. The third kappa shape index (κ3) is 3.07. The van der Waals surface area contributed by atoms with E-state index >= 15 is 0 Å². The van der Waals surface area contributed by atoms with E-state index in [1.807, 2.05) is 6.07 Å². The van der Waals surface area contributed by atoms with Crippen LogP contribution in [0.5, 0.6) is 5.88 Å². The van der Waals surface area contributed by atoms with Gasteiger partial charge in [-0.2, -0.15) is 0 Å². The van der Waals surface area contributed by atoms with E-state index in [0.717, 1.165) is 4.47 Å². The molecule has 0 amide bonds. The van der Waals surface area contributed by atoms with Gasteiger partial charge in [-0.05, 0) is 22.0 Å². The summed E-state index contributed by atoms with van der Waals surface area (Å²) in [6.45, 7) is 0. The normalized spacial score (nSPS) is 11.8. The molecule has 0 radical (unpaired) electrons. The van der Waals surface area contributed by atoms with Crippen molar-refractivity contribution >= 4 is 21.9 Å². The Hall–Kier alpha value is -1.88. The third-order valence-electron chi connectivity index (χ3n) is 2.27. The minimum Gasteiger partial charge on any atom is -0.478 e. The van der Waals surface area contributed by atoms with Crippen LogP contribution < -0.4 is 4.74 Å². The number of ether oxygens (including phenoxy) is 1. The molecule has 2 rings (SSSR count). The van der Waals surface area contributed by atoms with Crippen molar-refractivity contribution in [2.45, 2.75) is 6.10 Å². The summed E-state index contributed by atoms with van der Waals surface area (Å²) in [6.07, 6.45) is 0.499. The van der Waals surface area contributed by atoms with Crippen molar-refractivity contribution in [3.8, 4) is 5.88 Å². The lowest BCUT2D eigenvalue weighted by atomic mass is 10.1. The van der Waals surface area contributed by atoms with Crippen LogP contribution in [-0.4, -0.2) is 16.1 Å². The minimum atomic E-state index is -1.06. The molecule has 0 aliphatic carbocycles. The molecule has 0 fully saturated rings. The number of pyridine rings is 1. The lowest BCUT2D eigenvalue weighted by Crippen LogP contribution is -2.18. The molecule has 0 aliphatic heterocycles. The number of carboxylic acids is 1. The first kappa shape index (κ1) is 12.6. The highest BCUT2D eigenvalue weighted by Crippen LogP contribution is 2.21. The minimum absolute atomic E-state index is 0.273. The van der Waals surface area contributed by atoms with E-state index in [-0.39, 0.29) is 5.88 Å². The van der Waals surface area contributed by atoms with Crippen molar-refractivity contribution < 1.29 is 14.6 Å². The van der Waals surface area contributed by atoms with E-state index < -0.39 is 12.1 Å². The molecule has 0 unspecified atom stereocenters. The molecule has 1 heterocycles. The van der Waals surface area contributed by atoms with Crippen molar-refractivity contribution in [1.82, 2.24) is 4.98 Å². The molecule has 0 saturated heterocycles. The van der Waals surface area contributed by atoms with Crippen molar-refractivity contribution in [3.05, 3.63) is 58.7 Å². The molecule has 4 nitrogen and oxygen atoms in total. The number of nitrogens with zero attached hydrogens (tertiary/aromatic N) is 1. The molecule has 0 saturated carbocycles. The molecular weight excluding hydrogens is 298 g/mol. The zero-order valence-corrected chi connectivity index (χ0v) is 10.9. The number of carbonyl (C=O) groups is 1. The fourth-order valence-corrected chi connectivity index (χ4v) is 1.68. The fraction of sp³-hybridized carbons (Fsp3) is 0.0769. The smallest absolute Gasteiger partial charge is 0.349 e. The zero-order chi connectivity index (χ0) is 13.0. The SMILES string of the molecule is O=C(O)[C@H](Oc1ccc(Br)cn1)c1ccccc1. The van der Waals surface area contributed by atoms with Gasteiger partial charge >= 0.3 is 5.97 Å². The Labute approximate surface area is 112 Å². The number of halogens is 1. The number of benzene rings is 1. The molecule has 0 aliphatic rings. The second-order valence-electron chi connectivity index (χ2n) is 3.56. The Balaban J connectivity index is 2.22. The van der Waals surface area contributed by atoms with Gasteiger partial charge in [-0.15, -0.1) is 0 Å². The van der Waals surface area contributed by atoms with Crippen LogP contribution >= 0.6 is 15.9 Å². The average molecular weight is 308 g/mol. The molecular formula is C13H10BrNO3. The summed E-state index contributed by atoms with van der Waals surface area (Å²) in [5.74, 6) is -0.777. The molecule has 5 heteroatoms. The van der Waals surface area contributed by atoms with Crippen LogP contribution in [0.15, 0.2) is 53.1 Å². The number of aliphatic carboxylic acids is 1. The third-order valence-corrected chi connectivity index (χ3v) is 2.73. The number of rotatable bonds is 4. The van der Waals surface area contributed by atoms with Crippen LogP contribution in [0.25, 0.3) is 0 Å². The van der Waals surface area contributed by atoms with Gasteiger partial charge in [0, 0.05) is 22.3 Å². The Morgan fingerprint density at radius 3 is 2.50 bits per heavy atom. The van der Waals surface area contributed by atoms with E-state index in [1.54, 1.807) is 42.6 Å². The molecule has 92 valence electrons. The van der Waals surface area contributed by atoms with Gasteiger partial charge in [0.2, 0.25) is 12.0 Å². The van der Waals surface area contributed by atoms with E-state index in [2.05, 4.69) is 20.9 Å². The Kier molecular flexibility index (Phi) is 3.94. The van der Waals surface area contributed by atoms with Crippen molar-refractivity contribution in [3.63, 3.8) is 0 Å². The van der Waals surface area contributed by atoms with E-state index in [9.17, 15) is 9.90 Å². The summed E-state index contributed by atoms with van der Waals surface area (Å²) >= 11 is 3.25. The number of carboxylic acid groups (broad SMARTS) is 1. The first-order valence-corrected chi connectivity index (χ1v) is 6.02. The highest BCUT2D eigenvalue weighted by molar-refractivity contribution is 9.10. The summed E-state index contributed by atoms with van der Waals surface area (Å²) in [5.41, 5.74) is 0.578. The van der Waals surface area contributed by atoms with Gasteiger partial charge in [-0.1, -0.05) is 30.3 Å². The van der Waals surface area contributed by atoms with Gasteiger partial charge in [-0.25, -0.2) is 9.78 Å². The summed E-state index contributed by atoms with van der Waals surface area (Å²) in [5, 5.41) is 9.18. The standard InChI is InChI=1S/C13H10BrNO3/c14-10-6-7-11(15-8-10)18-12(13(16)17)9-4-2-1-3-5-9/h1-8,12H,(H,16,17)/t12-/m1/s1. The average Bonchev–Trinajstić information content (AvgIpc) is 2.38. The van der Waals surface area contributed by atoms with Gasteiger partial charge in [0.05, 0.1) is 0 Å². The Morgan fingerprint density at radius 1 is 1.22 bits per heavy atom. The predicted octanol–water partition coefficient (Wildman–Crippen LogP) is 3.05. The first-order valence-electron chi connectivity index (χ1n) is 5.23. The number of aromatic nitrogens is 1. The molecule has 1 atom stereocenters. The maximum atomic E-state index is 11.2. The quantitative estimate of drug-likeness (QED) is 0.943. The predicted molar refractivity (Wildman–Crippen MR) is 69.4 cm³/mol. The van der Waals surface area contributed by atoms with Gasteiger partial charge in [0.25, 0.3) is 0 Å². The molecule has 1 N–H and O–H groups in total. The van der Waals surface area contributed by atoms with E-state index in [4.69, 9.17) is 4.74 Å². The summed E-state index contributed by atoms with van der Waals surface area (Å²) < 4.78 is 6.19. The second-order valence-corrected chi connectivity index (χ2v) is 4.48. The summed E-state index contributed by atoms with van der Waals surface area (Å²) in [7, 11) is 0. The van der Waals surface area contributed by atoms with Gasteiger partial charge < -0.3 is 9.84 Å². The monoisotopic (exact) mass is 307 g/mol. The summed E-state index contributed by atoms with van der Waals surface area (Å²) in [6, 6.07) is 12.1. The van der Waals surface area contributed by atoms with Crippen LogP contribution in [-0.2, 0) is 4.79 Å². The van der Waals surface area contributed by atoms with Crippen molar-refractivity contribution in [1.29, 1.82) is 0 Å². The largest absolute Gasteiger partial charge is 0.478 e. The van der Waals surface area contributed by atoms with E-state index in [0.29, 0.717) is 5.56 Å². The van der Waals surface area contributed by atoms with Crippen LogP contribution in [0.3, 0.4) is 0 Å². The highest BCUT2D eigenvalue weighted by Gasteiger charge is 2.21. The molecule has 1 aromatic carbocycles. The highest BCUT2D eigenvalue weighted by atomic mass is 79.9. The lowest BCUT2D eigenvalue weighted by Gasteiger charge is -2.14. The van der Waals surface area contributed by atoms with Gasteiger partial charge in [0.15, 0.2) is 0 Å². The topological polar surface area (TPSA) is 59.4 Å². The maximum Gasteiger partial charge on any atom is 0.349 e. The number of hydrogen-bond donors (Lipinski definition) is 1. The van der Waals surface area contributed by atoms with Crippen LogP contribution in [0.1, 0.15) is 11.7 Å². The van der Waals surface area contributed by atoms with Crippen molar-refractivity contribution in [2.75, 3.05) is 0 Å². The molecule has 2 aromatic rings. The molecule has 0 bridgehead atoms. The number of hydrogen-bond acceptors (Lipinski definition) is 3. The van der Waals surface area contributed by atoms with Gasteiger partial charge in [-0.3, -0.25) is 0 Å². The first-order chi connectivity index (χ1) is 8.66. The second kappa shape index (κ2) is 5.64. The lowest BCUT2D eigenvalue weighted by molar-refractivity contribution is -0.145. The maximum absolute atomic E-state index is 11.2. The molecule has 1 aromatic heterocycles. The van der Waals surface area contributed by atoms with E-state index in [1.165, 1.54) is 0 Å². The zero-order valence-electron chi connectivity index (χ0n) is 9.29. The molecule has 0 spiro atoms. The fourth-order valence-electron chi connectivity index (χ4n) is 1.44. The van der Waals surface area contributed by atoms with Crippen molar-refractivity contribution in [2.24, 2.45) is 0 Å². The Morgan fingerprint density at radius 2 is 1.94 bits per heavy atom. The van der Waals surface area contributed by atoms with Crippen LogP contribution in [0.4, 0.5) is 0 Å².